The molecule has 0 radical (unpaired) electrons. The van der Waals surface area contributed by atoms with Gasteiger partial charge in [-0.3, -0.25) is 9.78 Å². The zero-order valence-electron chi connectivity index (χ0n) is 15.5. The Balaban J connectivity index is 1.80. The molecule has 3 aromatic rings. The highest BCUT2D eigenvalue weighted by Gasteiger charge is 2.38. The Labute approximate surface area is 177 Å². The predicted octanol–water partition coefficient (Wildman–Crippen LogP) is 6.08. The predicted molar refractivity (Wildman–Crippen MR) is 102 cm³/mol. The van der Waals surface area contributed by atoms with Crippen LogP contribution in [0.1, 0.15) is 21.6 Å². The van der Waals surface area contributed by atoms with E-state index in [1.807, 2.05) is 0 Å². The summed E-state index contributed by atoms with van der Waals surface area (Å²) in [4.78, 5) is 15.7. The van der Waals surface area contributed by atoms with Gasteiger partial charge in [0.25, 0.3) is 5.91 Å². The topological polar surface area (TPSA) is 42.0 Å². The molecule has 0 aliphatic heterocycles. The molecule has 2 aromatic carbocycles. The monoisotopic (exact) mass is 458 g/mol. The van der Waals surface area contributed by atoms with Crippen molar-refractivity contribution in [2.45, 2.75) is 12.1 Å². The van der Waals surface area contributed by atoms with Gasteiger partial charge in [0, 0.05) is 17.3 Å². The van der Waals surface area contributed by atoms with E-state index >= 15 is 0 Å². The van der Waals surface area contributed by atoms with Crippen LogP contribution in [0.4, 0.5) is 26.3 Å². The van der Waals surface area contributed by atoms with Crippen LogP contribution in [0.2, 0.25) is 5.02 Å². The van der Waals surface area contributed by atoms with E-state index in [1.54, 1.807) is 11.4 Å². The number of halogens is 7. The van der Waals surface area contributed by atoms with Crippen molar-refractivity contribution in [2.24, 2.45) is 0 Å². The van der Waals surface area contributed by atoms with Crippen molar-refractivity contribution >= 4 is 17.5 Å². The largest absolute Gasteiger partial charge is 0.417 e. The zero-order chi connectivity index (χ0) is 22.8. The van der Waals surface area contributed by atoms with Crippen LogP contribution in [-0.2, 0) is 12.1 Å². The van der Waals surface area contributed by atoms with Gasteiger partial charge >= 0.3 is 12.1 Å². The van der Waals surface area contributed by atoms with Gasteiger partial charge in [-0.05, 0) is 24.3 Å². The molecule has 0 bridgehead atoms. The fourth-order valence-electron chi connectivity index (χ4n) is 2.85. The quantitative estimate of drug-likeness (QED) is 0.471. The Bertz CT molecular complexity index is 1120. The number of carbonyl (C=O) groups is 1. The molecule has 1 aromatic heterocycles. The second kappa shape index (κ2) is 8.58. The highest BCUT2D eigenvalue weighted by Crippen LogP contribution is 2.35. The molecule has 3 nitrogen and oxygen atoms in total. The Hall–Kier alpha value is -3.07. The minimum atomic E-state index is -4.83. The van der Waals surface area contributed by atoms with Crippen molar-refractivity contribution in [2.75, 3.05) is 6.54 Å². The smallest absolute Gasteiger partial charge is 0.346 e. The lowest BCUT2D eigenvalue weighted by atomic mass is 10.1. The lowest BCUT2D eigenvalue weighted by molar-refractivity contribution is -0.137. The Morgan fingerprint density at radius 1 is 1.00 bits per heavy atom. The van der Waals surface area contributed by atoms with E-state index in [0.29, 0.717) is 6.07 Å². The summed E-state index contributed by atoms with van der Waals surface area (Å²) < 4.78 is 82.1. The van der Waals surface area contributed by atoms with Crippen molar-refractivity contribution < 1.29 is 31.1 Å². The van der Waals surface area contributed by atoms with Gasteiger partial charge in [-0.2, -0.15) is 22.0 Å². The fourth-order valence-corrected chi connectivity index (χ4v) is 3.15. The first-order valence-corrected chi connectivity index (χ1v) is 9.11. The number of hydrogen-bond donors (Lipinski definition) is 1. The van der Waals surface area contributed by atoms with Crippen LogP contribution in [0, 0.1) is 5.82 Å². The normalized spacial score (nSPS) is 12.0. The second-order valence-electron chi connectivity index (χ2n) is 6.46. The molecular formula is C21H13ClF6N2O. The molecule has 31 heavy (non-hydrogen) atoms. The number of nitrogens with one attached hydrogen (secondary N) is 1. The summed E-state index contributed by atoms with van der Waals surface area (Å²) in [6.45, 7) is -1.34. The molecule has 0 atom stereocenters. The third-order valence-electron chi connectivity index (χ3n) is 4.32. The molecule has 0 unspecified atom stereocenters. The van der Waals surface area contributed by atoms with Crippen molar-refractivity contribution in [1.29, 1.82) is 0 Å². The average molecular weight is 459 g/mol. The Kier molecular flexibility index (Phi) is 6.26. The summed E-state index contributed by atoms with van der Waals surface area (Å²) in [5.74, 6) is -5.73. The number of benzene rings is 2. The van der Waals surface area contributed by atoms with E-state index in [9.17, 15) is 31.1 Å². The van der Waals surface area contributed by atoms with Gasteiger partial charge in [-0.15, -0.1) is 0 Å². The van der Waals surface area contributed by atoms with E-state index in [4.69, 9.17) is 11.6 Å². The highest BCUT2D eigenvalue weighted by molar-refractivity contribution is 6.31. The van der Waals surface area contributed by atoms with Gasteiger partial charge in [0.15, 0.2) is 0 Å². The third kappa shape index (κ3) is 4.99. The SMILES string of the molecule is O=C(NCC(F)(F)c1ncc(-c2ccccc2F)cc1Cl)c1ccccc1C(F)(F)F. The summed E-state index contributed by atoms with van der Waals surface area (Å²) in [5, 5.41) is 1.30. The molecular weight excluding hydrogens is 446 g/mol. The number of hydrogen-bond acceptors (Lipinski definition) is 2. The molecule has 0 aliphatic carbocycles. The zero-order valence-corrected chi connectivity index (χ0v) is 16.2. The van der Waals surface area contributed by atoms with Crippen LogP contribution in [0.25, 0.3) is 11.1 Å². The molecule has 0 fully saturated rings. The Morgan fingerprint density at radius 2 is 1.65 bits per heavy atom. The number of amides is 1. The number of nitrogens with zero attached hydrogens (tertiary/aromatic N) is 1. The van der Waals surface area contributed by atoms with Crippen molar-refractivity contribution in [3.63, 3.8) is 0 Å². The van der Waals surface area contributed by atoms with Crippen LogP contribution in [0.5, 0.6) is 0 Å². The average Bonchev–Trinajstić information content (AvgIpc) is 2.71. The van der Waals surface area contributed by atoms with Gasteiger partial charge in [0.2, 0.25) is 0 Å². The van der Waals surface area contributed by atoms with Gasteiger partial charge < -0.3 is 5.32 Å². The van der Waals surface area contributed by atoms with Crippen LogP contribution in [0.3, 0.4) is 0 Å². The van der Waals surface area contributed by atoms with E-state index in [-0.39, 0.29) is 11.1 Å². The summed E-state index contributed by atoms with van der Waals surface area (Å²) in [6.07, 6.45) is -3.84. The van der Waals surface area contributed by atoms with E-state index in [1.165, 1.54) is 24.3 Å². The maximum absolute atomic E-state index is 14.6. The first kappa shape index (κ1) is 22.6. The lowest BCUT2D eigenvalue weighted by Gasteiger charge is -2.19. The molecule has 1 amide bonds. The molecule has 1 heterocycles. The molecule has 1 N–H and O–H groups in total. The molecule has 0 spiro atoms. The summed E-state index contributed by atoms with van der Waals surface area (Å²) in [5.41, 5.74) is -2.69. The highest BCUT2D eigenvalue weighted by atomic mass is 35.5. The number of aromatic nitrogens is 1. The van der Waals surface area contributed by atoms with E-state index in [0.717, 1.165) is 24.4 Å². The summed E-state index contributed by atoms with van der Waals surface area (Å²) in [7, 11) is 0. The summed E-state index contributed by atoms with van der Waals surface area (Å²) >= 11 is 5.91. The molecule has 10 heteroatoms. The first-order chi connectivity index (χ1) is 14.5. The maximum Gasteiger partial charge on any atom is 0.417 e. The fraction of sp³-hybridized carbons (Fsp3) is 0.143. The van der Waals surface area contributed by atoms with Crippen molar-refractivity contribution in [3.05, 3.63) is 88.5 Å². The third-order valence-corrected chi connectivity index (χ3v) is 4.61. The number of rotatable bonds is 5. The van der Waals surface area contributed by atoms with Crippen molar-refractivity contribution in [1.82, 2.24) is 10.3 Å². The van der Waals surface area contributed by atoms with Gasteiger partial charge in [-0.25, -0.2) is 4.39 Å². The Morgan fingerprint density at radius 3 is 2.29 bits per heavy atom. The van der Waals surface area contributed by atoms with Gasteiger partial charge in [0.1, 0.15) is 11.5 Å². The molecule has 0 saturated heterocycles. The van der Waals surface area contributed by atoms with Crippen molar-refractivity contribution in [3.8, 4) is 11.1 Å². The van der Waals surface area contributed by atoms with Crippen LogP contribution in [-0.4, -0.2) is 17.4 Å². The minimum absolute atomic E-state index is 0.101. The molecule has 0 aliphatic rings. The second-order valence-corrected chi connectivity index (χ2v) is 6.87. The number of pyridine rings is 1. The molecule has 0 saturated carbocycles. The van der Waals surface area contributed by atoms with Gasteiger partial charge in [-0.1, -0.05) is 41.9 Å². The van der Waals surface area contributed by atoms with Crippen LogP contribution >= 0.6 is 11.6 Å². The van der Waals surface area contributed by atoms with E-state index in [2.05, 4.69) is 4.98 Å². The van der Waals surface area contributed by atoms with E-state index < -0.39 is 52.2 Å². The summed E-state index contributed by atoms with van der Waals surface area (Å²) in [6, 6.07) is 10.5. The first-order valence-electron chi connectivity index (χ1n) is 8.74. The standard InChI is InChI=1S/C21H13ClF6N2O/c22-16-9-12(13-5-2-4-8-17(13)23)10-29-18(16)20(24,25)11-30-19(31)14-6-1-3-7-15(14)21(26,27)28/h1-10H,11H2,(H,30,31). The number of carbonyl (C=O) groups excluding carboxylic acids is 1. The molecule has 162 valence electrons. The lowest BCUT2D eigenvalue weighted by Crippen LogP contribution is -2.36. The van der Waals surface area contributed by atoms with Gasteiger partial charge in [0.05, 0.1) is 22.7 Å². The maximum atomic E-state index is 14.6. The van der Waals surface area contributed by atoms with Crippen LogP contribution < -0.4 is 5.32 Å². The minimum Gasteiger partial charge on any atom is -0.346 e. The number of alkyl halides is 5. The molecule has 3 rings (SSSR count). The van der Waals surface area contributed by atoms with Crippen LogP contribution in [0.15, 0.2) is 60.8 Å².